The average molecular weight is 331 g/mol. The predicted molar refractivity (Wildman–Crippen MR) is 90.4 cm³/mol. The molecule has 0 radical (unpaired) electrons. The summed E-state index contributed by atoms with van der Waals surface area (Å²) in [6.07, 6.45) is 3.41. The fourth-order valence-corrected chi connectivity index (χ4v) is 3.33. The summed E-state index contributed by atoms with van der Waals surface area (Å²) in [6.45, 7) is 0.354. The highest BCUT2D eigenvalue weighted by Gasteiger charge is 2.32. The number of benzene rings is 1. The summed E-state index contributed by atoms with van der Waals surface area (Å²) < 4.78 is 11.0. The quantitative estimate of drug-likeness (QED) is 0.631. The zero-order valence-corrected chi connectivity index (χ0v) is 13.4. The number of hydrogen-bond acceptors (Lipinski definition) is 5. The van der Waals surface area contributed by atoms with Crippen molar-refractivity contribution in [3.05, 3.63) is 58.9 Å². The first-order chi connectivity index (χ1) is 10.7. The molecule has 1 aromatic heterocycles. The van der Waals surface area contributed by atoms with Gasteiger partial charge >= 0.3 is 0 Å². The second-order valence-corrected chi connectivity index (χ2v) is 6.30. The van der Waals surface area contributed by atoms with Gasteiger partial charge < -0.3 is 9.15 Å². The monoisotopic (exact) mass is 331 g/mol. The van der Waals surface area contributed by atoms with Crippen LogP contribution in [0.1, 0.15) is 11.3 Å². The highest BCUT2D eigenvalue weighted by atomic mass is 32.2. The average Bonchev–Trinajstić information content (AvgIpc) is 3.12. The smallest absolute Gasteiger partial charge is 0.266 e. The van der Waals surface area contributed by atoms with E-state index in [1.807, 2.05) is 36.4 Å². The molecular weight excluding hydrogens is 318 g/mol. The van der Waals surface area contributed by atoms with Gasteiger partial charge in [-0.15, -0.1) is 0 Å². The van der Waals surface area contributed by atoms with Gasteiger partial charge in [-0.2, -0.15) is 0 Å². The van der Waals surface area contributed by atoms with Gasteiger partial charge in [0.05, 0.1) is 24.8 Å². The standard InChI is InChI=1S/C16H13NO3S2/c1-19-12-5-2-4-11(8-12)9-14-15(18)17(16(21)22-14)10-13-6-3-7-20-13/h2-9H,10H2,1H3/b14-9+. The number of carbonyl (C=O) groups excluding carboxylic acids is 1. The Labute approximate surface area is 137 Å². The molecule has 1 amide bonds. The number of hydrogen-bond donors (Lipinski definition) is 0. The topological polar surface area (TPSA) is 42.7 Å². The molecule has 1 fully saturated rings. The van der Waals surface area contributed by atoms with Crippen LogP contribution in [0.4, 0.5) is 0 Å². The van der Waals surface area contributed by atoms with Gasteiger partial charge in [0.25, 0.3) is 5.91 Å². The lowest BCUT2D eigenvalue weighted by atomic mass is 10.2. The molecule has 1 aromatic carbocycles. The molecule has 6 heteroatoms. The Kier molecular flexibility index (Phi) is 4.31. The molecule has 0 N–H and O–H groups in total. The van der Waals surface area contributed by atoms with Crippen molar-refractivity contribution in [2.45, 2.75) is 6.54 Å². The third-order valence-corrected chi connectivity index (χ3v) is 4.54. The minimum absolute atomic E-state index is 0.103. The lowest BCUT2D eigenvalue weighted by Crippen LogP contribution is -2.27. The van der Waals surface area contributed by atoms with Crippen molar-refractivity contribution in [2.75, 3.05) is 7.11 Å². The zero-order valence-electron chi connectivity index (χ0n) is 11.8. The number of thioether (sulfide) groups is 1. The maximum Gasteiger partial charge on any atom is 0.266 e. The van der Waals surface area contributed by atoms with Crippen LogP contribution in [0, 0.1) is 0 Å². The zero-order chi connectivity index (χ0) is 15.5. The molecule has 112 valence electrons. The molecule has 1 aliphatic rings. The SMILES string of the molecule is COc1cccc(/C=C2/SC(=S)N(Cc3ccco3)C2=O)c1. The number of methoxy groups -OCH3 is 1. The second kappa shape index (κ2) is 6.37. The lowest BCUT2D eigenvalue weighted by Gasteiger charge is -2.11. The van der Waals surface area contributed by atoms with E-state index in [4.69, 9.17) is 21.4 Å². The van der Waals surface area contributed by atoms with E-state index >= 15 is 0 Å². The van der Waals surface area contributed by atoms with Crippen LogP contribution < -0.4 is 4.74 Å². The summed E-state index contributed by atoms with van der Waals surface area (Å²) in [6, 6.07) is 11.2. The van der Waals surface area contributed by atoms with Crippen molar-refractivity contribution < 1.29 is 13.9 Å². The van der Waals surface area contributed by atoms with Crippen molar-refractivity contribution in [2.24, 2.45) is 0 Å². The van der Waals surface area contributed by atoms with Gasteiger partial charge in [-0.3, -0.25) is 9.69 Å². The summed E-state index contributed by atoms with van der Waals surface area (Å²) in [4.78, 5) is 14.6. The molecule has 2 aromatic rings. The minimum atomic E-state index is -0.103. The Hall–Kier alpha value is -2.05. The number of amides is 1. The fraction of sp³-hybridized carbons (Fsp3) is 0.125. The van der Waals surface area contributed by atoms with E-state index in [1.165, 1.54) is 11.8 Å². The van der Waals surface area contributed by atoms with E-state index < -0.39 is 0 Å². The summed E-state index contributed by atoms with van der Waals surface area (Å²) in [7, 11) is 1.61. The highest BCUT2D eigenvalue weighted by Crippen LogP contribution is 2.34. The van der Waals surface area contributed by atoms with Crippen LogP contribution in [0.15, 0.2) is 52.0 Å². The molecule has 1 aliphatic heterocycles. The van der Waals surface area contributed by atoms with Crippen molar-refractivity contribution in [1.82, 2.24) is 4.90 Å². The highest BCUT2D eigenvalue weighted by molar-refractivity contribution is 8.26. The first-order valence-corrected chi connectivity index (χ1v) is 7.81. The molecule has 1 saturated heterocycles. The molecular formula is C16H13NO3S2. The maximum atomic E-state index is 12.5. The van der Waals surface area contributed by atoms with Crippen molar-refractivity contribution in [3.63, 3.8) is 0 Å². The normalized spacial score (nSPS) is 16.6. The number of nitrogens with zero attached hydrogens (tertiary/aromatic N) is 1. The van der Waals surface area contributed by atoms with Crippen LogP contribution >= 0.6 is 24.0 Å². The van der Waals surface area contributed by atoms with Crippen molar-refractivity contribution in [1.29, 1.82) is 0 Å². The maximum absolute atomic E-state index is 12.5. The predicted octanol–water partition coefficient (Wildman–Crippen LogP) is 3.69. The first-order valence-electron chi connectivity index (χ1n) is 6.59. The van der Waals surface area contributed by atoms with Crippen LogP contribution in [-0.4, -0.2) is 22.2 Å². The van der Waals surface area contributed by atoms with Gasteiger partial charge in [0.15, 0.2) is 0 Å². The number of ether oxygens (including phenoxy) is 1. The Morgan fingerprint density at radius 2 is 2.23 bits per heavy atom. The van der Waals surface area contributed by atoms with E-state index in [0.29, 0.717) is 21.5 Å². The van der Waals surface area contributed by atoms with Gasteiger partial charge in [0.2, 0.25) is 0 Å². The Bertz CT molecular complexity index is 738. The lowest BCUT2D eigenvalue weighted by molar-refractivity contribution is -0.122. The number of thiocarbonyl (C=S) groups is 1. The second-order valence-electron chi connectivity index (χ2n) is 4.62. The third kappa shape index (κ3) is 3.08. The van der Waals surface area contributed by atoms with Gasteiger partial charge in [0.1, 0.15) is 15.8 Å². The van der Waals surface area contributed by atoms with Crippen LogP contribution in [-0.2, 0) is 11.3 Å². The van der Waals surface area contributed by atoms with Gasteiger partial charge in [0, 0.05) is 0 Å². The molecule has 2 heterocycles. The number of furan rings is 1. The first kappa shape index (κ1) is 14.9. The Balaban J connectivity index is 1.82. The van der Waals surface area contributed by atoms with Crippen LogP contribution in [0.5, 0.6) is 5.75 Å². The number of rotatable bonds is 4. The molecule has 4 nitrogen and oxygen atoms in total. The fourth-order valence-electron chi connectivity index (χ4n) is 2.08. The van der Waals surface area contributed by atoms with E-state index in [-0.39, 0.29) is 5.91 Å². The van der Waals surface area contributed by atoms with Gasteiger partial charge in [-0.25, -0.2) is 0 Å². The van der Waals surface area contributed by atoms with Crippen LogP contribution in [0.2, 0.25) is 0 Å². The molecule has 0 atom stereocenters. The van der Waals surface area contributed by atoms with E-state index in [2.05, 4.69) is 0 Å². The van der Waals surface area contributed by atoms with Gasteiger partial charge in [-0.05, 0) is 35.9 Å². The van der Waals surface area contributed by atoms with Crippen LogP contribution in [0.25, 0.3) is 6.08 Å². The van der Waals surface area contributed by atoms with Crippen molar-refractivity contribution >= 4 is 40.3 Å². The molecule has 0 aliphatic carbocycles. The van der Waals surface area contributed by atoms with E-state index in [9.17, 15) is 4.79 Å². The minimum Gasteiger partial charge on any atom is -0.497 e. The molecule has 0 bridgehead atoms. The Morgan fingerprint density at radius 3 is 2.95 bits per heavy atom. The third-order valence-electron chi connectivity index (χ3n) is 3.16. The molecule has 0 unspecified atom stereocenters. The Morgan fingerprint density at radius 1 is 1.36 bits per heavy atom. The molecule has 3 rings (SSSR count). The van der Waals surface area contributed by atoms with Crippen LogP contribution in [0.3, 0.4) is 0 Å². The largest absolute Gasteiger partial charge is 0.497 e. The molecule has 0 saturated carbocycles. The molecule has 0 spiro atoms. The van der Waals surface area contributed by atoms with Crippen molar-refractivity contribution in [3.8, 4) is 5.75 Å². The summed E-state index contributed by atoms with van der Waals surface area (Å²) >= 11 is 6.59. The number of carbonyl (C=O) groups is 1. The summed E-state index contributed by atoms with van der Waals surface area (Å²) in [5, 5.41) is 0. The van der Waals surface area contributed by atoms with E-state index in [0.717, 1.165) is 11.3 Å². The van der Waals surface area contributed by atoms with Gasteiger partial charge in [-0.1, -0.05) is 36.1 Å². The summed E-state index contributed by atoms with van der Waals surface area (Å²) in [5.41, 5.74) is 0.901. The van der Waals surface area contributed by atoms with E-state index in [1.54, 1.807) is 24.3 Å². The summed E-state index contributed by atoms with van der Waals surface area (Å²) in [5.74, 6) is 1.35. The molecule has 22 heavy (non-hydrogen) atoms.